The first kappa shape index (κ1) is 61.5. The summed E-state index contributed by atoms with van der Waals surface area (Å²) in [6.07, 6.45) is 74.2. The first-order valence-corrected chi connectivity index (χ1v) is 26.3. The Morgan fingerprint density at radius 2 is 0.667 bits per heavy atom. The van der Waals surface area contributed by atoms with Crippen LogP contribution in [0.15, 0.2) is 134 Å². The Morgan fingerprint density at radius 3 is 1.12 bits per heavy atom. The van der Waals surface area contributed by atoms with Crippen molar-refractivity contribution in [1.82, 2.24) is 0 Å². The summed E-state index contributed by atoms with van der Waals surface area (Å²) in [5.74, 6) is -0.981. The molecule has 66 heavy (non-hydrogen) atoms. The summed E-state index contributed by atoms with van der Waals surface area (Å²) < 4.78 is 16.8. The summed E-state index contributed by atoms with van der Waals surface area (Å²) >= 11 is 0. The van der Waals surface area contributed by atoms with Crippen molar-refractivity contribution in [3.05, 3.63) is 134 Å². The van der Waals surface area contributed by atoms with E-state index in [0.29, 0.717) is 19.3 Å². The first-order chi connectivity index (χ1) is 32.5. The van der Waals surface area contributed by atoms with Gasteiger partial charge in [-0.25, -0.2) is 0 Å². The monoisotopic (exact) mass is 911 g/mol. The number of hydrogen-bond acceptors (Lipinski definition) is 6. The fourth-order valence-corrected chi connectivity index (χ4v) is 6.69. The minimum atomic E-state index is -0.811. The number of hydrogen-bond donors (Lipinski definition) is 0. The molecule has 0 rings (SSSR count). The van der Waals surface area contributed by atoms with E-state index in [1.165, 1.54) is 57.8 Å². The lowest BCUT2D eigenvalue weighted by Crippen LogP contribution is -2.30. The van der Waals surface area contributed by atoms with Crippen LogP contribution in [-0.4, -0.2) is 37.2 Å². The molecule has 0 aliphatic carbocycles. The molecule has 0 radical (unpaired) electrons. The van der Waals surface area contributed by atoms with Crippen LogP contribution >= 0.6 is 0 Å². The smallest absolute Gasteiger partial charge is 0.306 e. The second kappa shape index (κ2) is 53.2. The maximum absolute atomic E-state index is 12.8. The van der Waals surface area contributed by atoms with Crippen LogP contribution in [0.4, 0.5) is 0 Å². The van der Waals surface area contributed by atoms with Gasteiger partial charge in [-0.1, -0.05) is 231 Å². The maximum atomic E-state index is 12.8. The predicted molar refractivity (Wildman–Crippen MR) is 283 cm³/mol. The van der Waals surface area contributed by atoms with Gasteiger partial charge in [0.15, 0.2) is 6.10 Å². The van der Waals surface area contributed by atoms with Crippen LogP contribution in [0.2, 0.25) is 0 Å². The van der Waals surface area contributed by atoms with Gasteiger partial charge in [-0.15, -0.1) is 0 Å². The quantitative estimate of drug-likeness (QED) is 0.0199. The van der Waals surface area contributed by atoms with E-state index in [9.17, 15) is 14.4 Å². The van der Waals surface area contributed by atoms with Crippen LogP contribution in [-0.2, 0) is 28.6 Å². The molecule has 0 aliphatic heterocycles. The van der Waals surface area contributed by atoms with Gasteiger partial charge in [0.1, 0.15) is 13.2 Å². The standard InChI is InChI=1S/C60H94O6/c1-4-7-10-13-16-19-22-25-28-29-30-31-33-35-38-41-44-47-50-53-59(62)65-56-57(55-64-58(61)52-49-46-43-40-37-34-27-24-21-18-15-12-9-6-3)66-60(63)54-51-48-45-42-39-36-32-26-23-20-17-14-11-8-5-2/h7,9-10,12-13,16-23,25-26,28-31,33,35,38,57H,4-6,8,11,14-15,24,27,32,34,36-37,39-56H2,1-3H3/b10-7-,12-9-,16-13-,20-17-,21-18-,22-19-,26-23-,28-25-,30-29+,33-31-,38-35-. The molecule has 0 saturated heterocycles. The van der Waals surface area contributed by atoms with Crippen molar-refractivity contribution in [3.63, 3.8) is 0 Å². The van der Waals surface area contributed by atoms with Gasteiger partial charge in [0.25, 0.3) is 0 Å². The minimum absolute atomic E-state index is 0.107. The number of rotatable bonds is 45. The summed E-state index contributed by atoms with van der Waals surface area (Å²) in [5.41, 5.74) is 0. The number of ether oxygens (including phenoxy) is 3. The van der Waals surface area contributed by atoms with E-state index in [2.05, 4.69) is 81.5 Å². The van der Waals surface area contributed by atoms with Crippen molar-refractivity contribution in [2.24, 2.45) is 0 Å². The highest BCUT2D eigenvalue weighted by Gasteiger charge is 2.19. The lowest BCUT2D eigenvalue weighted by molar-refractivity contribution is -0.167. The molecule has 0 spiro atoms. The van der Waals surface area contributed by atoms with Gasteiger partial charge in [0, 0.05) is 19.3 Å². The molecule has 0 amide bonds. The van der Waals surface area contributed by atoms with Crippen molar-refractivity contribution >= 4 is 17.9 Å². The molecule has 6 nitrogen and oxygen atoms in total. The number of unbranched alkanes of at least 4 members (excludes halogenated alkanes) is 19. The summed E-state index contributed by atoms with van der Waals surface area (Å²) in [6, 6.07) is 0. The van der Waals surface area contributed by atoms with Gasteiger partial charge in [0.05, 0.1) is 0 Å². The molecule has 0 N–H and O–H groups in total. The Balaban J connectivity index is 4.55. The third-order valence-electron chi connectivity index (χ3n) is 10.6. The Morgan fingerprint density at radius 1 is 0.333 bits per heavy atom. The molecule has 0 saturated carbocycles. The SMILES string of the molecule is CC\C=C/C=C\C=C/C=C\C=C\C=C/C=C\CCCCCC(=O)OCC(COC(=O)CCCCCCCCC/C=C\C/C=C\CC)OC(=O)CCCCCCCC/C=C\C=C/CCCCC. The van der Waals surface area contributed by atoms with Gasteiger partial charge < -0.3 is 14.2 Å². The highest BCUT2D eigenvalue weighted by molar-refractivity contribution is 5.71. The fourth-order valence-electron chi connectivity index (χ4n) is 6.69. The highest BCUT2D eigenvalue weighted by atomic mass is 16.6. The fraction of sp³-hybridized carbons (Fsp3) is 0.583. The van der Waals surface area contributed by atoms with Crippen LogP contribution in [0.5, 0.6) is 0 Å². The average molecular weight is 911 g/mol. The Kier molecular flexibility index (Phi) is 49.6. The van der Waals surface area contributed by atoms with E-state index in [4.69, 9.17) is 14.2 Å². The molecule has 0 aliphatic rings. The van der Waals surface area contributed by atoms with Gasteiger partial charge >= 0.3 is 17.9 Å². The molecule has 0 bridgehead atoms. The normalized spacial score (nSPS) is 13.2. The third kappa shape index (κ3) is 50.5. The molecular weight excluding hydrogens is 817 g/mol. The molecule has 0 aromatic rings. The van der Waals surface area contributed by atoms with E-state index < -0.39 is 6.10 Å². The minimum Gasteiger partial charge on any atom is -0.462 e. The lowest BCUT2D eigenvalue weighted by atomic mass is 10.1. The van der Waals surface area contributed by atoms with E-state index in [1.807, 2.05) is 72.9 Å². The molecule has 0 aromatic carbocycles. The third-order valence-corrected chi connectivity index (χ3v) is 10.6. The van der Waals surface area contributed by atoms with Crippen LogP contribution < -0.4 is 0 Å². The lowest BCUT2D eigenvalue weighted by Gasteiger charge is -2.18. The summed E-state index contributed by atoms with van der Waals surface area (Å²) in [5, 5.41) is 0. The van der Waals surface area contributed by atoms with Crippen LogP contribution in [0.25, 0.3) is 0 Å². The predicted octanol–water partition coefficient (Wildman–Crippen LogP) is 17.5. The van der Waals surface area contributed by atoms with Crippen molar-refractivity contribution in [2.45, 2.75) is 213 Å². The molecule has 6 heteroatoms. The molecule has 0 fully saturated rings. The molecular formula is C60H94O6. The van der Waals surface area contributed by atoms with Crippen LogP contribution in [0.1, 0.15) is 207 Å². The van der Waals surface area contributed by atoms with Crippen LogP contribution in [0, 0.1) is 0 Å². The second-order valence-electron chi connectivity index (χ2n) is 16.9. The van der Waals surface area contributed by atoms with Crippen molar-refractivity contribution in [2.75, 3.05) is 13.2 Å². The van der Waals surface area contributed by atoms with Crippen LogP contribution in [0.3, 0.4) is 0 Å². The van der Waals surface area contributed by atoms with Gasteiger partial charge in [-0.3, -0.25) is 14.4 Å². The average Bonchev–Trinajstić information content (AvgIpc) is 3.31. The highest BCUT2D eigenvalue weighted by Crippen LogP contribution is 2.13. The molecule has 0 aromatic heterocycles. The van der Waals surface area contributed by atoms with E-state index >= 15 is 0 Å². The molecule has 1 unspecified atom stereocenters. The molecule has 0 heterocycles. The molecule has 370 valence electrons. The summed E-state index contributed by atoms with van der Waals surface area (Å²) in [6.45, 7) is 6.28. The zero-order valence-electron chi connectivity index (χ0n) is 42.1. The van der Waals surface area contributed by atoms with Crippen molar-refractivity contribution in [1.29, 1.82) is 0 Å². The van der Waals surface area contributed by atoms with Gasteiger partial charge in [-0.05, 0) is 89.9 Å². The van der Waals surface area contributed by atoms with Gasteiger partial charge in [-0.2, -0.15) is 0 Å². The number of allylic oxidation sites excluding steroid dienone is 22. The van der Waals surface area contributed by atoms with E-state index in [0.717, 1.165) is 109 Å². The zero-order chi connectivity index (χ0) is 47.9. The summed E-state index contributed by atoms with van der Waals surface area (Å²) in [7, 11) is 0. The number of carbonyl (C=O) groups excluding carboxylic acids is 3. The zero-order valence-corrected chi connectivity index (χ0v) is 42.1. The summed E-state index contributed by atoms with van der Waals surface area (Å²) in [4.78, 5) is 38.0. The first-order valence-electron chi connectivity index (χ1n) is 26.3. The number of carbonyl (C=O) groups is 3. The number of esters is 3. The maximum Gasteiger partial charge on any atom is 0.306 e. The Labute approximate surface area is 405 Å². The topological polar surface area (TPSA) is 78.9 Å². The Hall–Kier alpha value is -4.45. The van der Waals surface area contributed by atoms with Crippen molar-refractivity contribution < 1.29 is 28.6 Å². The van der Waals surface area contributed by atoms with E-state index in [-0.39, 0.29) is 31.1 Å². The van der Waals surface area contributed by atoms with E-state index in [1.54, 1.807) is 0 Å². The molecule has 1 atom stereocenters. The largest absolute Gasteiger partial charge is 0.462 e. The Bertz CT molecular complexity index is 1460. The van der Waals surface area contributed by atoms with Crippen molar-refractivity contribution in [3.8, 4) is 0 Å². The second-order valence-corrected chi connectivity index (χ2v) is 16.9. The van der Waals surface area contributed by atoms with Gasteiger partial charge in [0.2, 0.25) is 0 Å².